The van der Waals surface area contributed by atoms with Gasteiger partial charge in [-0.2, -0.15) is 8.42 Å². The fraction of sp³-hybridized carbons (Fsp3) is 0.429. The van der Waals surface area contributed by atoms with Gasteiger partial charge in [0.15, 0.2) is 0 Å². The maximum atomic E-state index is 12.9. The molecule has 0 N–H and O–H groups in total. The van der Waals surface area contributed by atoms with Crippen molar-refractivity contribution in [1.29, 1.82) is 0 Å². The molecule has 2 aromatic carbocycles. The van der Waals surface area contributed by atoms with Crippen molar-refractivity contribution < 1.29 is 22.1 Å². The third-order valence-corrected chi connectivity index (χ3v) is 6.90. The summed E-state index contributed by atoms with van der Waals surface area (Å²) in [6.45, 7) is 2.66. The minimum atomic E-state index is -4.06. The topological polar surface area (TPSA) is 111 Å². The first kappa shape index (κ1) is 20.8. The number of ether oxygens (including phenoxy) is 2. The first-order chi connectivity index (χ1) is 14.5. The third kappa shape index (κ3) is 4.35. The van der Waals surface area contributed by atoms with Crippen molar-refractivity contribution in [2.24, 2.45) is 11.0 Å². The molecular formula is C21H23N3O5S. The smallest absolute Gasteiger partial charge is 0.297 e. The first-order valence-corrected chi connectivity index (χ1v) is 11.2. The van der Waals surface area contributed by atoms with Crippen LogP contribution in [-0.4, -0.2) is 39.4 Å². The molecule has 1 aliphatic heterocycles. The number of azide groups is 1. The van der Waals surface area contributed by atoms with Gasteiger partial charge in [-0.25, -0.2) is 0 Å². The van der Waals surface area contributed by atoms with Crippen LogP contribution in [0.15, 0.2) is 64.6 Å². The average molecular weight is 429 g/mol. The van der Waals surface area contributed by atoms with E-state index >= 15 is 0 Å². The monoisotopic (exact) mass is 429 g/mol. The number of hydrogen-bond acceptors (Lipinski definition) is 6. The van der Waals surface area contributed by atoms with E-state index in [4.69, 9.17) is 19.2 Å². The molecular weight excluding hydrogens is 406 g/mol. The van der Waals surface area contributed by atoms with E-state index in [1.54, 1.807) is 12.1 Å². The Balaban J connectivity index is 1.55. The Kier molecular flexibility index (Phi) is 6.08. The Labute approximate surface area is 175 Å². The van der Waals surface area contributed by atoms with Crippen molar-refractivity contribution in [1.82, 2.24) is 0 Å². The molecule has 2 bridgehead atoms. The molecule has 2 aromatic rings. The summed E-state index contributed by atoms with van der Waals surface area (Å²) in [4.78, 5) is 2.94. The SMILES string of the molecule is Cc1ccc(S(=O)(=O)O[C@@H]2[C@H]3OC[C@@H](C[C@H]2N=[N+]=[N-])[C@H]3OCc2ccccc2)cc1. The van der Waals surface area contributed by atoms with Crippen LogP contribution in [0, 0.1) is 12.8 Å². The van der Waals surface area contributed by atoms with Gasteiger partial charge in [0.05, 0.1) is 30.3 Å². The molecule has 0 radical (unpaired) electrons. The number of aryl methyl sites for hydroxylation is 1. The molecule has 0 amide bonds. The summed E-state index contributed by atoms with van der Waals surface area (Å²) in [6.07, 6.45) is -1.49. The molecule has 9 heteroatoms. The molecule has 158 valence electrons. The summed E-state index contributed by atoms with van der Waals surface area (Å²) >= 11 is 0. The molecule has 1 heterocycles. The van der Waals surface area contributed by atoms with Crippen molar-refractivity contribution in [3.05, 3.63) is 76.2 Å². The van der Waals surface area contributed by atoms with Gasteiger partial charge >= 0.3 is 0 Å². The summed E-state index contributed by atoms with van der Waals surface area (Å²) in [5.74, 6) is 0.0103. The van der Waals surface area contributed by atoms with Gasteiger partial charge in [-0.3, -0.25) is 4.18 Å². The molecule has 1 saturated heterocycles. The number of hydrogen-bond donors (Lipinski definition) is 0. The average Bonchev–Trinajstić information content (AvgIpc) is 3.05. The minimum Gasteiger partial charge on any atom is -0.372 e. The Bertz CT molecular complexity index is 1020. The fourth-order valence-corrected chi connectivity index (χ4v) is 5.15. The van der Waals surface area contributed by atoms with Crippen LogP contribution in [0.3, 0.4) is 0 Å². The molecule has 8 nitrogen and oxygen atoms in total. The lowest BCUT2D eigenvalue weighted by Crippen LogP contribution is -2.51. The zero-order valence-electron chi connectivity index (χ0n) is 16.5. The normalized spacial score (nSPS) is 28.1. The Morgan fingerprint density at radius 3 is 2.57 bits per heavy atom. The molecule has 1 saturated carbocycles. The predicted octanol–water partition coefficient (Wildman–Crippen LogP) is 3.75. The second-order valence-electron chi connectivity index (χ2n) is 7.66. The van der Waals surface area contributed by atoms with E-state index in [1.165, 1.54) is 12.1 Å². The summed E-state index contributed by atoms with van der Waals surface area (Å²) in [6, 6.07) is 15.5. The molecule has 2 aliphatic rings. The summed E-state index contributed by atoms with van der Waals surface area (Å²) in [5, 5.41) is 3.81. The van der Waals surface area contributed by atoms with Crippen LogP contribution in [0.25, 0.3) is 10.4 Å². The van der Waals surface area contributed by atoms with Crippen LogP contribution in [0.2, 0.25) is 0 Å². The summed E-state index contributed by atoms with van der Waals surface area (Å²) in [5.41, 5.74) is 10.9. The van der Waals surface area contributed by atoms with E-state index in [0.717, 1.165) is 11.1 Å². The molecule has 0 spiro atoms. The number of benzene rings is 2. The quantitative estimate of drug-likeness (QED) is 0.288. The van der Waals surface area contributed by atoms with Crippen molar-refractivity contribution in [2.45, 2.75) is 49.2 Å². The first-order valence-electron chi connectivity index (χ1n) is 9.79. The number of fused-ring (bicyclic) bond motifs is 2. The van der Waals surface area contributed by atoms with Gasteiger partial charge in [0.1, 0.15) is 12.2 Å². The zero-order chi connectivity index (χ0) is 21.1. The molecule has 1 aliphatic carbocycles. The third-order valence-electron chi connectivity index (χ3n) is 5.57. The van der Waals surface area contributed by atoms with Crippen molar-refractivity contribution in [3.8, 4) is 0 Å². The van der Waals surface area contributed by atoms with Crippen LogP contribution in [0.4, 0.5) is 0 Å². The molecule has 0 unspecified atom stereocenters. The lowest BCUT2D eigenvalue weighted by atomic mass is 9.82. The predicted molar refractivity (Wildman–Crippen MR) is 109 cm³/mol. The maximum Gasteiger partial charge on any atom is 0.297 e. The molecule has 2 fully saturated rings. The highest BCUT2D eigenvalue weighted by atomic mass is 32.2. The van der Waals surface area contributed by atoms with Crippen LogP contribution in [-0.2, 0) is 30.4 Å². The number of rotatable bonds is 7. The summed E-state index contributed by atoms with van der Waals surface area (Å²) in [7, 11) is -4.06. The molecule has 30 heavy (non-hydrogen) atoms. The van der Waals surface area contributed by atoms with Crippen LogP contribution in [0.5, 0.6) is 0 Å². The van der Waals surface area contributed by atoms with E-state index in [0.29, 0.717) is 19.6 Å². The van der Waals surface area contributed by atoms with E-state index in [1.807, 2.05) is 37.3 Å². The lowest BCUT2D eigenvalue weighted by molar-refractivity contribution is -0.0922. The van der Waals surface area contributed by atoms with Crippen molar-refractivity contribution in [2.75, 3.05) is 6.61 Å². The van der Waals surface area contributed by atoms with Crippen LogP contribution in [0.1, 0.15) is 17.5 Å². The molecule has 4 rings (SSSR count). The van der Waals surface area contributed by atoms with E-state index < -0.39 is 28.4 Å². The highest BCUT2D eigenvalue weighted by Gasteiger charge is 2.52. The van der Waals surface area contributed by atoms with Crippen molar-refractivity contribution >= 4 is 10.1 Å². The Morgan fingerprint density at radius 2 is 1.87 bits per heavy atom. The maximum absolute atomic E-state index is 12.9. The van der Waals surface area contributed by atoms with Crippen molar-refractivity contribution in [3.63, 3.8) is 0 Å². The lowest BCUT2D eigenvalue weighted by Gasteiger charge is -2.37. The Morgan fingerprint density at radius 1 is 1.13 bits per heavy atom. The number of nitrogens with zero attached hydrogens (tertiary/aromatic N) is 3. The van der Waals surface area contributed by atoms with Gasteiger partial charge < -0.3 is 9.47 Å². The second kappa shape index (κ2) is 8.75. The second-order valence-corrected chi connectivity index (χ2v) is 9.23. The van der Waals surface area contributed by atoms with Gasteiger partial charge in [-0.15, -0.1) is 0 Å². The fourth-order valence-electron chi connectivity index (χ4n) is 4.04. The van der Waals surface area contributed by atoms with Gasteiger partial charge in [0.2, 0.25) is 0 Å². The highest BCUT2D eigenvalue weighted by molar-refractivity contribution is 7.86. The van der Waals surface area contributed by atoms with E-state index in [-0.39, 0.29) is 16.9 Å². The zero-order valence-corrected chi connectivity index (χ0v) is 17.3. The largest absolute Gasteiger partial charge is 0.372 e. The minimum absolute atomic E-state index is 0.0103. The van der Waals surface area contributed by atoms with Gasteiger partial charge in [-0.1, -0.05) is 53.1 Å². The Hall–Kier alpha value is -2.42. The molecule has 0 aromatic heterocycles. The van der Waals surface area contributed by atoms with Crippen LogP contribution < -0.4 is 0 Å². The van der Waals surface area contributed by atoms with Gasteiger partial charge in [-0.05, 0) is 36.6 Å². The summed E-state index contributed by atoms with van der Waals surface area (Å²) < 4.78 is 43.3. The standard InChI is InChI=1S/C21H23N3O5S/c1-14-7-9-17(10-8-14)30(25,26)29-20-18(23-24-22)11-16-13-28-21(20)19(16)27-12-15-5-3-2-4-6-15/h2-10,16,18-21H,11-13H2,1H3/t16-,18-,19-,20+,21+/m1/s1. The van der Waals surface area contributed by atoms with Gasteiger partial charge in [0.25, 0.3) is 10.1 Å². The van der Waals surface area contributed by atoms with E-state index in [9.17, 15) is 8.42 Å². The highest BCUT2D eigenvalue weighted by Crippen LogP contribution is 2.40. The van der Waals surface area contributed by atoms with E-state index in [2.05, 4.69) is 10.0 Å². The van der Waals surface area contributed by atoms with Crippen LogP contribution >= 0.6 is 0 Å². The van der Waals surface area contributed by atoms with Gasteiger partial charge in [0, 0.05) is 10.8 Å². The molecule has 5 atom stereocenters.